The van der Waals surface area contributed by atoms with Crippen LogP contribution in [0.15, 0.2) is 18.2 Å². The van der Waals surface area contributed by atoms with E-state index in [0.717, 1.165) is 26.0 Å². The first-order chi connectivity index (χ1) is 9.99. The molecule has 6 nitrogen and oxygen atoms in total. The van der Waals surface area contributed by atoms with Crippen molar-refractivity contribution in [3.05, 3.63) is 33.9 Å². The van der Waals surface area contributed by atoms with E-state index in [1.807, 2.05) is 11.9 Å². The number of ether oxygens (including phenoxy) is 1. The Bertz CT molecular complexity index is 498. The highest BCUT2D eigenvalue weighted by Gasteiger charge is 2.22. The molecule has 0 aliphatic carbocycles. The lowest BCUT2D eigenvalue weighted by Crippen LogP contribution is -2.31. The number of anilines is 1. The van der Waals surface area contributed by atoms with E-state index in [1.165, 1.54) is 6.07 Å². The monoisotopic (exact) mass is 294 g/mol. The van der Waals surface area contributed by atoms with Crippen LogP contribution in [-0.4, -0.2) is 36.8 Å². The van der Waals surface area contributed by atoms with E-state index in [1.54, 1.807) is 19.1 Å². The fourth-order valence-electron chi connectivity index (χ4n) is 2.71. The van der Waals surface area contributed by atoms with Gasteiger partial charge in [-0.25, -0.2) is 0 Å². The number of nitro groups is 1. The molecule has 1 fully saturated rings. The van der Waals surface area contributed by atoms with Crippen LogP contribution in [0.5, 0.6) is 0 Å². The second-order valence-corrected chi connectivity index (χ2v) is 5.64. The zero-order valence-corrected chi connectivity index (χ0v) is 12.5. The third-order valence-electron chi connectivity index (χ3n) is 3.88. The third kappa shape index (κ3) is 3.92. The van der Waals surface area contributed by atoms with Gasteiger partial charge in [-0.2, -0.15) is 0 Å². The molecule has 2 atom stereocenters. The number of hydrogen-bond acceptors (Lipinski definition) is 5. The Labute approximate surface area is 124 Å². The number of nitrogens with zero attached hydrogens (tertiary/aromatic N) is 2. The van der Waals surface area contributed by atoms with E-state index in [-0.39, 0.29) is 5.69 Å². The molecule has 0 bridgehead atoms. The fourth-order valence-corrected chi connectivity index (χ4v) is 2.71. The van der Waals surface area contributed by atoms with Gasteiger partial charge in [0.15, 0.2) is 0 Å². The van der Waals surface area contributed by atoms with E-state index >= 15 is 0 Å². The van der Waals surface area contributed by atoms with Gasteiger partial charge in [0.2, 0.25) is 0 Å². The molecule has 2 rings (SSSR count). The lowest BCUT2D eigenvalue weighted by atomic mass is 10.0. The highest BCUT2D eigenvalue weighted by molar-refractivity contribution is 5.64. The number of aliphatic hydroxyl groups excluding tert-OH is 1. The highest BCUT2D eigenvalue weighted by Crippen LogP contribution is 2.31. The minimum absolute atomic E-state index is 0.0348. The largest absolute Gasteiger partial charge is 0.389 e. The number of nitro benzene ring substituents is 1. The Kier molecular flexibility index (Phi) is 5.14. The smallest absolute Gasteiger partial charge is 0.292 e. The standard InChI is InChI=1S/C15H22N2O4/c1-11(18)13-5-6-14(15(8-13)17(19)20)16(2)9-12-4-3-7-21-10-12/h5-6,8,11-12,18H,3-4,7,9-10H2,1-2H3. The van der Waals surface area contributed by atoms with Gasteiger partial charge < -0.3 is 14.7 Å². The summed E-state index contributed by atoms with van der Waals surface area (Å²) < 4.78 is 5.45. The van der Waals surface area contributed by atoms with Crippen molar-refractivity contribution >= 4 is 11.4 Å². The van der Waals surface area contributed by atoms with E-state index in [9.17, 15) is 15.2 Å². The van der Waals surface area contributed by atoms with E-state index in [4.69, 9.17) is 4.74 Å². The van der Waals surface area contributed by atoms with Crippen molar-refractivity contribution in [1.82, 2.24) is 0 Å². The molecule has 2 unspecified atom stereocenters. The van der Waals surface area contributed by atoms with Gasteiger partial charge in [-0.15, -0.1) is 0 Å². The predicted octanol–water partition coefficient (Wildman–Crippen LogP) is 2.51. The summed E-state index contributed by atoms with van der Waals surface area (Å²) in [4.78, 5) is 12.8. The summed E-state index contributed by atoms with van der Waals surface area (Å²) in [5, 5.41) is 20.8. The minimum atomic E-state index is -0.713. The van der Waals surface area contributed by atoms with Gasteiger partial charge in [-0.05, 0) is 37.3 Å². The molecule has 21 heavy (non-hydrogen) atoms. The van der Waals surface area contributed by atoms with Crippen molar-refractivity contribution in [2.24, 2.45) is 5.92 Å². The second kappa shape index (κ2) is 6.87. The van der Waals surface area contributed by atoms with Crippen molar-refractivity contribution in [2.75, 3.05) is 31.7 Å². The van der Waals surface area contributed by atoms with Crippen LogP contribution in [0.1, 0.15) is 31.4 Å². The molecule has 0 spiro atoms. The van der Waals surface area contributed by atoms with Crippen LogP contribution in [0.25, 0.3) is 0 Å². The maximum atomic E-state index is 11.3. The quantitative estimate of drug-likeness (QED) is 0.667. The molecule has 0 aromatic heterocycles. The third-order valence-corrected chi connectivity index (χ3v) is 3.88. The molecule has 1 aliphatic rings. The zero-order chi connectivity index (χ0) is 15.4. The van der Waals surface area contributed by atoms with Gasteiger partial charge in [-0.3, -0.25) is 10.1 Å². The predicted molar refractivity (Wildman–Crippen MR) is 80.5 cm³/mol. The number of hydrogen-bond donors (Lipinski definition) is 1. The molecule has 1 N–H and O–H groups in total. The average Bonchev–Trinajstić information content (AvgIpc) is 2.47. The average molecular weight is 294 g/mol. The SMILES string of the molecule is CC(O)c1ccc(N(C)CC2CCCOC2)c([N+](=O)[O-])c1. The Morgan fingerprint density at radius 1 is 1.57 bits per heavy atom. The molecule has 1 heterocycles. The summed E-state index contributed by atoms with van der Waals surface area (Å²) in [7, 11) is 1.86. The van der Waals surface area contributed by atoms with Crippen LogP contribution < -0.4 is 4.90 Å². The Morgan fingerprint density at radius 3 is 2.90 bits per heavy atom. The topological polar surface area (TPSA) is 75.8 Å². The number of rotatable bonds is 5. The lowest BCUT2D eigenvalue weighted by Gasteiger charge is -2.28. The lowest BCUT2D eigenvalue weighted by molar-refractivity contribution is -0.384. The molecule has 1 aliphatic heterocycles. The first-order valence-corrected chi connectivity index (χ1v) is 7.24. The summed E-state index contributed by atoms with van der Waals surface area (Å²) in [6, 6.07) is 4.90. The van der Waals surface area contributed by atoms with Crippen LogP contribution in [-0.2, 0) is 4.74 Å². The van der Waals surface area contributed by atoms with Crippen molar-refractivity contribution in [3.63, 3.8) is 0 Å². The minimum Gasteiger partial charge on any atom is -0.389 e. The first kappa shape index (κ1) is 15.7. The van der Waals surface area contributed by atoms with Crippen LogP contribution in [0.3, 0.4) is 0 Å². The highest BCUT2D eigenvalue weighted by atomic mass is 16.6. The van der Waals surface area contributed by atoms with Crippen molar-refractivity contribution in [2.45, 2.75) is 25.9 Å². The molecular weight excluding hydrogens is 272 g/mol. The Hall–Kier alpha value is -1.66. The van der Waals surface area contributed by atoms with Crippen molar-refractivity contribution in [1.29, 1.82) is 0 Å². The molecule has 1 aromatic carbocycles. The van der Waals surface area contributed by atoms with E-state index in [0.29, 0.717) is 23.8 Å². The maximum Gasteiger partial charge on any atom is 0.292 e. The van der Waals surface area contributed by atoms with Crippen LogP contribution in [0.2, 0.25) is 0 Å². The Balaban J connectivity index is 2.18. The molecule has 1 saturated heterocycles. The zero-order valence-electron chi connectivity index (χ0n) is 12.5. The van der Waals surface area contributed by atoms with Gasteiger partial charge in [0, 0.05) is 26.3 Å². The Morgan fingerprint density at radius 2 is 2.33 bits per heavy atom. The molecule has 6 heteroatoms. The normalized spacial score (nSPS) is 20.0. The van der Waals surface area contributed by atoms with E-state index in [2.05, 4.69) is 0 Å². The van der Waals surface area contributed by atoms with Gasteiger partial charge in [-0.1, -0.05) is 6.07 Å². The van der Waals surface area contributed by atoms with E-state index < -0.39 is 11.0 Å². The second-order valence-electron chi connectivity index (χ2n) is 5.64. The van der Waals surface area contributed by atoms with Crippen LogP contribution in [0, 0.1) is 16.0 Å². The first-order valence-electron chi connectivity index (χ1n) is 7.24. The van der Waals surface area contributed by atoms with Gasteiger partial charge in [0.05, 0.1) is 17.6 Å². The molecule has 0 radical (unpaired) electrons. The fraction of sp³-hybridized carbons (Fsp3) is 0.600. The van der Waals surface area contributed by atoms with Crippen LogP contribution >= 0.6 is 0 Å². The van der Waals surface area contributed by atoms with Crippen molar-refractivity contribution < 1.29 is 14.8 Å². The summed E-state index contributed by atoms with van der Waals surface area (Å²) >= 11 is 0. The van der Waals surface area contributed by atoms with Gasteiger partial charge >= 0.3 is 0 Å². The molecule has 116 valence electrons. The molecule has 0 amide bonds. The summed E-state index contributed by atoms with van der Waals surface area (Å²) in [5.41, 5.74) is 1.17. The maximum absolute atomic E-state index is 11.3. The number of aliphatic hydroxyl groups is 1. The summed E-state index contributed by atoms with van der Waals surface area (Å²) in [5.74, 6) is 0.403. The molecule has 1 aromatic rings. The summed E-state index contributed by atoms with van der Waals surface area (Å²) in [6.07, 6.45) is 1.42. The summed E-state index contributed by atoms with van der Waals surface area (Å²) in [6.45, 7) is 3.85. The van der Waals surface area contributed by atoms with Crippen LogP contribution in [0.4, 0.5) is 11.4 Å². The molecule has 0 saturated carbocycles. The van der Waals surface area contributed by atoms with Gasteiger partial charge in [0.1, 0.15) is 5.69 Å². The van der Waals surface area contributed by atoms with Crippen molar-refractivity contribution in [3.8, 4) is 0 Å². The van der Waals surface area contributed by atoms with Gasteiger partial charge in [0.25, 0.3) is 5.69 Å². The number of benzene rings is 1. The molecular formula is C15H22N2O4.